The molecule has 0 aromatic heterocycles. The van der Waals surface area contributed by atoms with E-state index in [-0.39, 0.29) is 0 Å². The minimum atomic E-state index is -1.24. The normalized spacial score (nSPS) is 15.2. The van der Waals surface area contributed by atoms with Gasteiger partial charge in [0.2, 0.25) is 0 Å². The summed E-state index contributed by atoms with van der Waals surface area (Å²) in [5, 5.41) is 12.0. The highest BCUT2D eigenvalue weighted by Gasteiger charge is 2.35. The van der Waals surface area contributed by atoms with Crippen LogP contribution in [0.15, 0.2) is 5.11 Å². The molecule has 5 nitrogen and oxygen atoms in total. The van der Waals surface area contributed by atoms with E-state index in [0.29, 0.717) is 25.8 Å². The van der Waals surface area contributed by atoms with Gasteiger partial charge < -0.3 is 10.8 Å². The highest BCUT2D eigenvalue weighted by Crippen LogP contribution is 2.22. The number of hydrogen-bond acceptors (Lipinski definition) is 4. The van der Waals surface area contributed by atoms with E-state index in [9.17, 15) is 4.79 Å². The van der Waals surface area contributed by atoms with Crippen LogP contribution in [0.1, 0.15) is 26.2 Å². The molecule has 4 N–H and O–H groups in total. The van der Waals surface area contributed by atoms with Gasteiger partial charge in [-0.1, -0.05) is 6.92 Å². The van der Waals surface area contributed by atoms with E-state index in [0.717, 1.165) is 0 Å². The third kappa shape index (κ3) is 2.27. The van der Waals surface area contributed by atoms with E-state index < -0.39 is 11.5 Å². The molecule has 0 aliphatic rings. The lowest BCUT2D eigenvalue weighted by atomic mass is 9.92. The molecule has 0 unspecified atom stereocenters. The fraction of sp³-hybridized carbons (Fsp3) is 0.857. The van der Waals surface area contributed by atoms with Crippen LogP contribution >= 0.6 is 0 Å². The highest BCUT2D eigenvalue weighted by atomic mass is 16.4. The van der Waals surface area contributed by atoms with E-state index >= 15 is 0 Å². The van der Waals surface area contributed by atoms with Crippen LogP contribution in [0.25, 0.3) is 0 Å². The minimum absolute atomic E-state index is 0.339. The molecule has 0 aliphatic carbocycles. The summed E-state index contributed by atoms with van der Waals surface area (Å²) in [6, 6.07) is 0. The second-order valence-corrected chi connectivity index (χ2v) is 2.69. The Labute approximate surface area is 71.5 Å². The van der Waals surface area contributed by atoms with Crippen LogP contribution in [-0.4, -0.2) is 23.2 Å². The zero-order valence-corrected chi connectivity index (χ0v) is 7.21. The van der Waals surface area contributed by atoms with Crippen LogP contribution in [0.2, 0.25) is 0 Å². The monoisotopic (exact) mass is 173 g/mol. The van der Waals surface area contributed by atoms with Crippen molar-refractivity contribution in [3.63, 3.8) is 0 Å². The number of carboxylic acids is 1. The summed E-state index contributed by atoms with van der Waals surface area (Å²) in [7, 11) is 0. The summed E-state index contributed by atoms with van der Waals surface area (Å²) in [6.45, 7) is 2.15. The number of carbonyl (C=O) groups is 1. The number of aliphatic carboxylic acids is 1. The molecule has 0 aliphatic heterocycles. The number of carboxylic acid groups (broad SMARTS) is 1. The van der Waals surface area contributed by atoms with Crippen LogP contribution in [0, 0.1) is 5.53 Å². The highest BCUT2D eigenvalue weighted by molar-refractivity contribution is 5.78. The van der Waals surface area contributed by atoms with Crippen molar-refractivity contribution in [3.8, 4) is 0 Å². The summed E-state index contributed by atoms with van der Waals surface area (Å²) in [5.74, 6) is -1.03. The zero-order chi connectivity index (χ0) is 9.61. The first-order valence-electron chi connectivity index (χ1n) is 3.95. The Morgan fingerprint density at radius 1 is 1.75 bits per heavy atom. The molecule has 12 heavy (non-hydrogen) atoms. The lowest BCUT2D eigenvalue weighted by Crippen LogP contribution is -2.35. The van der Waals surface area contributed by atoms with E-state index in [1.807, 2.05) is 0 Å². The molecule has 0 heterocycles. The maximum absolute atomic E-state index is 10.7. The van der Waals surface area contributed by atoms with Crippen LogP contribution in [0.3, 0.4) is 0 Å². The summed E-state index contributed by atoms with van der Waals surface area (Å²) >= 11 is 0. The van der Waals surface area contributed by atoms with Gasteiger partial charge >= 0.3 is 5.97 Å². The predicted octanol–water partition coefficient (Wildman–Crippen LogP) is 0.990. The van der Waals surface area contributed by atoms with Crippen molar-refractivity contribution in [1.29, 1.82) is 5.53 Å². The van der Waals surface area contributed by atoms with Gasteiger partial charge in [-0.25, -0.2) is 10.3 Å². The maximum Gasteiger partial charge on any atom is 0.333 e. The van der Waals surface area contributed by atoms with Crippen LogP contribution < -0.4 is 5.73 Å². The molecule has 0 aromatic rings. The van der Waals surface area contributed by atoms with Gasteiger partial charge in [-0.15, -0.1) is 0 Å². The van der Waals surface area contributed by atoms with Gasteiger partial charge in [-0.05, 0) is 25.8 Å². The van der Waals surface area contributed by atoms with Crippen LogP contribution in [-0.2, 0) is 4.79 Å². The van der Waals surface area contributed by atoms with Gasteiger partial charge in [0.25, 0.3) is 0 Å². The first-order valence-corrected chi connectivity index (χ1v) is 3.95. The molecule has 0 saturated heterocycles. The van der Waals surface area contributed by atoms with Gasteiger partial charge in [0.15, 0.2) is 5.54 Å². The predicted molar refractivity (Wildman–Crippen MR) is 44.1 cm³/mol. The van der Waals surface area contributed by atoms with Crippen LogP contribution in [0.4, 0.5) is 0 Å². The van der Waals surface area contributed by atoms with E-state index in [2.05, 4.69) is 5.11 Å². The van der Waals surface area contributed by atoms with E-state index in [1.165, 1.54) is 0 Å². The SMILES string of the molecule is CC[C@@](CCCN)(N=N)C(=O)O. The molecule has 70 valence electrons. The Balaban J connectivity index is 4.35. The Morgan fingerprint density at radius 2 is 2.33 bits per heavy atom. The molecule has 0 rings (SSSR count). The van der Waals surface area contributed by atoms with E-state index in [1.54, 1.807) is 6.92 Å². The van der Waals surface area contributed by atoms with Crippen molar-refractivity contribution in [1.82, 2.24) is 0 Å². The molecule has 0 aromatic carbocycles. The zero-order valence-electron chi connectivity index (χ0n) is 7.21. The van der Waals surface area contributed by atoms with Crippen molar-refractivity contribution in [2.24, 2.45) is 10.8 Å². The average Bonchev–Trinajstić information content (AvgIpc) is 2.07. The molecule has 1 atom stereocenters. The summed E-state index contributed by atoms with van der Waals surface area (Å²) in [5.41, 5.74) is 10.8. The maximum atomic E-state index is 10.7. The number of nitrogens with one attached hydrogen (secondary N) is 1. The smallest absolute Gasteiger partial charge is 0.333 e. The summed E-state index contributed by atoms with van der Waals surface area (Å²) in [4.78, 5) is 10.7. The van der Waals surface area contributed by atoms with Crippen LogP contribution in [0.5, 0.6) is 0 Å². The molecule has 0 amide bonds. The topological polar surface area (TPSA) is 99.5 Å². The second kappa shape index (κ2) is 4.82. The molecular formula is C7H15N3O2. The Hall–Kier alpha value is -0.970. The summed E-state index contributed by atoms with van der Waals surface area (Å²) < 4.78 is 0. The van der Waals surface area contributed by atoms with Gasteiger partial charge in [-0.3, -0.25) is 0 Å². The number of hydrogen-bond donors (Lipinski definition) is 3. The Bertz CT molecular complexity index is 172. The number of rotatable bonds is 6. The first kappa shape index (κ1) is 11.0. The van der Waals surface area contributed by atoms with Gasteiger partial charge in [0.1, 0.15) is 0 Å². The van der Waals surface area contributed by atoms with Gasteiger partial charge in [0.05, 0.1) is 0 Å². The molecular weight excluding hydrogens is 158 g/mol. The van der Waals surface area contributed by atoms with Crippen molar-refractivity contribution < 1.29 is 9.90 Å². The lowest BCUT2D eigenvalue weighted by Gasteiger charge is -2.20. The quantitative estimate of drug-likeness (QED) is 0.522. The molecule has 0 bridgehead atoms. The standard InChI is InChI=1S/C7H15N3O2/c1-2-7(10-9,6(11)12)4-3-5-8/h9H,2-5,8H2,1H3,(H,11,12)/t7-/m0/s1. The largest absolute Gasteiger partial charge is 0.479 e. The number of nitrogens with two attached hydrogens (primary N) is 1. The lowest BCUT2D eigenvalue weighted by molar-refractivity contribution is -0.144. The van der Waals surface area contributed by atoms with Crippen molar-refractivity contribution in [2.75, 3.05) is 6.54 Å². The molecule has 0 fully saturated rings. The van der Waals surface area contributed by atoms with Crippen molar-refractivity contribution in [3.05, 3.63) is 0 Å². The Morgan fingerprint density at radius 3 is 2.58 bits per heavy atom. The fourth-order valence-electron chi connectivity index (χ4n) is 1.01. The Kier molecular flexibility index (Phi) is 4.43. The van der Waals surface area contributed by atoms with Gasteiger partial charge in [-0.2, -0.15) is 5.11 Å². The van der Waals surface area contributed by atoms with Gasteiger partial charge in [0, 0.05) is 0 Å². The first-order chi connectivity index (χ1) is 5.63. The van der Waals surface area contributed by atoms with E-state index in [4.69, 9.17) is 16.4 Å². The molecule has 5 heteroatoms. The molecule has 0 saturated carbocycles. The van der Waals surface area contributed by atoms with Crippen molar-refractivity contribution in [2.45, 2.75) is 31.7 Å². The number of nitrogens with zero attached hydrogens (tertiary/aromatic N) is 1. The molecule has 0 radical (unpaired) electrons. The third-order valence-electron chi connectivity index (χ3n) is 1.99. The third-order valence-corrected chi connectivity index (χ3v) is 1.99. The second-order valence-electron chi connectivity index (χ2n) is 2.69. The summed E-state index contributed by atoms with van der Waals surface area (Å²) in [6.07, 6.45) is 1.27. The minimum Gasteiger partial charge on any atom is -0.479 e. The fourth-order valence-corrected chi connectivity index (χ4v) is 1.01. The van der Waals surface area contributed by atoms with Crippen molar-refractivity contribution >= 4 is 5.97 Å². The average molecular weight is 173 g/mol. The molecule has 0 spiro atoms.